The average molecular weight is 517 g/mol. The van der Waals surface area contributed by atoms with Gasteiger partial charge in [0.05, 0.1) is 0 Å². The molecule has 1 aliphatic carbocycles. The van der Waals surface area contributed by atoms with Crippen molar-refractivity contribution >= 4 is 27.0 Å². The summed E-state index contributed by atoms with van der Waals surface area (Å²) >= 11 is 1.20. The number of alkyl halides is 3. The Morgan fingerprint density at radius 1 is 1.06 bits per heavy atom. The van der Waals surface area contributed by atoms with Gasteiger partial charge in [-0.15, -0.1) is 11.3 Å². The molecule has 0 unspecified atom stereocenters. The molecule has 2 atom stereocenters. The van der Waals surface area contributed by atoms with Crippen LogP contribution in [0.1, 0.15) is 51.0 Å². The molecular weight excluding hydrogens is 485 g/mol. The van der Waals surface area contributed by atoms with Crippen molar-refractivity contribution in [2.45, 2.75) is 67.5 Å². The number of benzene rings is 1. The van der Waals surface area contributed by atoms with Crippen LogP contribution in [0.4, 0.5) is 18.9 Å². The molecule has 2 aromatic rings. The summed E-state index contributed by atoms with van der Waals surface area (Å²) in [6.45, 7) is 1.86. The lowest BCUT2D eigenvalue weighted by Gasteiger charge is -2.44. The SMILES string of the molecule is C[C@@](O)(c1ccc(N2CCN(S(=O)(=O)c3cccs3)C[C@@H]2CC2CCCCC2)cc1)C(F)(F)F. The zero-order valence-corrected chi connectivity index (χ0v) is 20.8. The van der Waals surface area contributed by atoms with Crippen molar-refractivity contribution in [2.24, 2.45) is 5.92 Å². The second-order valence-corrected chi connectivity index (χ2v) is 12.6. The summed E-state index contributed by atoms with van der Waals surface area (Å²) in [6, 6.07) is 9.11. The molecule has 0 bridgehead atoms. The van der Waals surface area contributed by atoms with Crippen LogP contribution < -0.4 is 4.90 Å². The smallest absolute Gasteiger partial charge is 0.376 e. The van der Waals surface area contributed by atoms with E-state index >= 15 is 0 Å². The fraction of sp³-hybridized carbons (Fsp3) is 0.583. The maximum Gasteiger partial charge on any atom is 0.421 e. The van der Waals surface area contributed by atoms with Gasteiger partial charge in [0.25, 0.3) is 10.0 Å². The van der Waals surface area contributed by atoms with Gasteiger partial charge in [0.2, 0.25) is 0 Å². The van der Waals surface area contributed by atoms with Crippen LogP contribution in [0.3, 0.4) is 0 Å². The first kappa shape index (κ1) is 25.5. The molecule has 2 aliphatic rings. The van der Waals surface area contributed by atoms with Gasteiger partial charge in [-0.05, 0) is 48.4 Å². The highest BCUT2D eigenvalue weighted by atomic mass is 32.2. The molecule has 1 N–H and O–H groups in total. The zero-order valence-electron chi connectivity index (χ0n) is 19.2. The summed E-state index contributed by atoms with van der Waals surface area (Å²) in [5.41, 5.74) is -2.40. The van der Waals surface area contributed by atoms with Gasteiger partial charge < -0.3 is 10.0 Å². The maximum atomic E-state index is 13.2. The van der Waals surface area contributed by atoms with Gasteiger partial charge in [0, 0.05) is 31.4 Å². The van der Waals surface area contributed by atoms with Crippen molar-refractivity contribution in [1.29, 1.82) is 0 Å². The van der Waals surface area contributed by atoms with Crippen molar-refractivity contribution in [2.75, 3.05) is 24.5 Å². The first-order valence-corrected chi connectivity index (χ1v) is 14.0. The third-order valence-corrected chi connectivity index (χ3v) is 10.4. The second kappa shape index (κ2) is 9.79. The molecule has 1 aromatic heterocycles. The van der Waals surface area contributed by atoms with Crippen LogP contribution in [0.2, 0.25) is 0 Å². The number of thiophene rings is 1. The number of piperazine rings is 1. The summed E-state index contributed by atoms with van der Waals surface area (Å²) in [5.74, 6) is 0.510. The monoisotopic (exact) mass is 516 g/mol. The minimum Gasteiger partial charge on any atom is -0.376 e. The van der Waals surface area contributed by atoms with E-state index in [2.05, 4.69) is 4.90 Å². The average Bonchev–Trinajstić information content (AvgIpc) is 3.35. The highest BCUT2D eigenvalue weighted by molar-refractivity contribution is 7.91. The zero-order chi connectivity index (χ0) is 24.6. The Morgan fingerprint density at radius 3 is 2.32 bits per heavy atom. The third-order valence-electron chi connectivity index (χ3n) is 7.18. The number of sulfonamides is 1. The minimum atomic E-state index is -4.78. The molecule has 2 heterocycles. The molecule has 1 aromatic carbocycles. The molecule has 188 valence electrons. The number of hydrogen-bond acceptors (Lipinski definition) is 5. The number of rotatable bonds is 6. The molecule has 1 aliphatic heterocycles. The van der Waals surface area contributed by atoms with E-state index in [1.54, 1.807) is 34.0 Å². The first-order chi connectivity index (χ1) is 16.0. The highest BCUT2D eigenvalue weighted by Crippen LogP contribution is 2.39. The number of aliphatic hydroxyl groups is 1. The number of nitrogens with zero attached hydrogens (tertiary/aromatic N) is 2. The molecule has 0 amide bonds. The van der Waals surface area contributed by atoms with E-state index in [1.807, 2.05) is 0 Å². The van der Waals surface area contributed by atoms with E-state index in [-0.39, 0.29) is 11.6 Å². The summed E-state index contributed by atoms with van der Waals surface area (Å²) in [4.78, 5) is 2.13. The number of anilines is 1. The second-order valence-electron chi connectivity index (χ2n) is 9.50. The normalized spacial score (nSPS) is 23.1. The Morgan fingerprint density at radius 2 is 1.74 bits per heavy atom. The van der Waals surface area contributed by atoms with Crippen LogP contribution in [-0.4, -0.2) is 49.7 Å². The maximum absolute atomic E-state index is 13.2. The third kappa shape index (κ3) is 5.15. The molecule has 0 spiro atoms. The summed E-state index contributed by atoms with van der Waals surface area (Å²) < 4.78 is 67.9. The molecular formula is C24H31F3N2O3S2. The highest BCUT2D eigenvalue weighted by Gasteiger charge is 2.51. The molecule has 1 saturated heterocycles. The molecule has 34 heavy (non-hydrogen) atoms. The van der Waals surface area contributed by atoms with Gasteiger partial charge in [-0.2, -0.15) is 17.5 Å². The number of hydrogen-bond donors (Lipinski definition) is 1. The first-order valence-electron chi connectivity index (χ1n) is 11.7. The van der Waals surface area contributed by atoms with E-state index in [1.165, 1.54) is 42.7 Å². The van der Waals surface area contributed by atoms with Crippen LogP contribution in [0.15, 0.2) is 46.0 Å². The van der Waals surface area contributed by atoms with Crippen molar-refractivity contribution in [3.8, 4) is 0 Å². The predicted molar refractivity (Wildman–Crippen MR) is 127 cm³/mol. The Labute approximate surface area is 203 Å². The molecule has 5 nitrogen and oxygen atoms in total. The van der Waals surface area contributed by atoms with E-state index in [0.29, 0.717) is 29.8 Å². The Kier molecular flexibility index (Phi) is 7.34. The van der Waals surface area contributed by atoms with Crippen LogP contribution >= 0.6 is 11.3 Å². The van der Waals surface area contributed by atoms with Gasteiger partial charge in [-0.25, -0.2) is 8.42 Å². The van der Waals surface area contributed by atoms with Crippen molar-refractivity contribution in [3.63, 3.8) is 0 Å². The molecule has 2 fully saturated rings. The lowest BCUT2D eigenvalue weighted by molar-refractivity contribution is -0.258. The standard InChI is InChI=1S/C24H31F3N2O3S2/c1-23(30,24(25,26)27)19-9-11-20(12-10-19)29-14-13-28(34(31,32)22-8-5-15-33-22)17-21(29)16-18-6-3-2-4-7-18/h5,8-12,15,18,21,30H,2-4,6-7,13-14,16-17H2,1H3/t21-,23+/m0/s1. The quantitative estimate of drug-likeness (QED) is 0.561. The molecule has 0 radical (unpaired) electrons. The van der Waals surface area contributed by atoms with Gasteiger partial charge in [0.15, 0.2) is 5.60 Å². The van der Waals surface area contributed by atoms with Gasteiger partial charge in [0.1, 0.15) is 4.21 Å². The summed E-state index contributed by atoms with van der Waals surface area (Å²) in [7, 11) is -3.57. The predicted octanol–water partition coefficient (Wildman–Crippen LogP) is 5.37. The molecule has 10 heteroatoms. The van der Waals surface area contributed by atoms with Crippen molar-refractivity contribution < 1.29 is 26.7 Å². The van der Waals surface area contributed by atoms with E-state index in [9.17, 15) is 26.7 Å². The summed E-state index contributed by atoms with van der Waals surface area (Å²) in [5, 5.41) is 11.7. The topological polar surface area (TPSA) is 60.9 Å². The van der Waals surface area contributed by atoms with Gasteiger partial charge in [-0.3, -0.25) is 0 Å². The lowest BCUT2D eigenvalue weighted by atomic mass is 9.84. The number of halogens is 3. The van der Waals surface area contributed by atoms with E-state index < -0.39 is 21.8 Å². The largest absolute Gasteiger partial charge is 0.421 e. The Balaban J connectivity index is 1.58. The fourth-order valence-corrected chi connectivity index (χ4v) is 7.69. The fourth-order valence-electron chi connectivity index (χ4n) is 5.07. The van der Waals surface area contributed by atoms with Crippen LogP contribution in [0.5, 0.6) is 0 Å². The Bertz CT molecular complexity index is 1050. The minimum absolute atomic E-state index is 0.0689. The van der Waals surface area contributed by atoms with Crippen LogP contribution in [-0.2, 0) is 15.6 Å². The van der Waals surface area contributed by atoms with E-state index in [4.69, 9.17) is 0 Å². The lowest BCUT2D eigenvalue weighted by Crippen LogP contribution is -2.55. The van der Waals surface area contributed by atoms with Crippen LogP contribution in [0, 0.1) is 5.92 Å². The van der Waals surface area contributed by atoms with Crippen molar-refractivity contribution in [3.05, 3.63) is 47.3 Å². The van der Waals surface area contributed by atoms with Crippen LogP contribution in [0.25, 0.3) is 0 Å². The Hall–Kier alpha value is -1.62. The van der Waals surface area contributed by atoms with Crippen molar-refractivity contribution in [1.82, 2.24) is 4.31 Å². The summed E-state index contributed by atoms with van der Waals surface area (Å²) in [6.07, 6.45) is 1.89. The molecule has 1 saturated carbocycles. The molecule has 4 rings (SSSR count). The van der Waals surface area contributed by atoms with E-state index in [0.717, 1.165) is 31.9 Å². The van der Waals surface area contributed by atoms with Gasteiger partial charge in [-0.1, -0.05) is 50.3 Å². The van der Waals surface area contributed by atoms with Gasteiger partial charge >= 0.3 is 6.18 Å².